The number of nitrogens with zero attached hydrogens (tertiary/aromatic N) is 1. The fraction of sp³-hybridized carbons (Fsp3) is 0.533. The molecule has 0 spiro atoms. The predicted molar refractivity (Wildman–Crippen MR) is 78.2 cm³/mol. The summed E-state index contributed by atoms with van der Waals surface area (Å²) >= 11 is 0. The molecule has 0 aromatic heterocycles. The Bertz CT molecular complexity index is 634. The molecule has 1 aromatic rings. The summed E-state index contributed by atoms with van der Waals surface area (Å²) < 4.78 is 23.2. The third-order valence-corrected chi connectivity index (χ3v) is 6.42. The number of likely N-dealkylation sites (tertiary alicyclic amines) is 1. The Hall–Kier alpha value is -1.40. The van der Waals surface area contributed by atoms with E-state index in [-0.39, 0.29) is 29.2 Å². The molecule has 2 fully saturated rings. The maximum atomic E-state index is 12.6. The van der Waals surface area contributed by atoms with Crippen molar-refractivity contribution in [1.29, 1.82) is 0 Å². The van der Waals surface area contributed by atoms with Crippen molar-refractivity contribution in [3.8, 4) is 0 Å². The van der Waals surface area contributed by atoms with Crippen LogP contribution in [0.2, 0.25) is 0 Å². The van der Waals surface area contributed by atoms with Crippen molar-refractivity contribution < 1.29 is 18.3 Å². The maximum Gasteiger partial charge on any atom is 0.258 e. The number of carbonyl (C=O) groups is 1. The van der Waals surface area contributed by atoms with Crippen LogP contribution in [0.4, 0.5) is 0 Å². The molecule has 5 nitrogen and oxygen atoms in total. The van der Waals surface area contributed by atoms with E-state index in [0.717, 1.165) is 0 Å². The Balaban J connectivity index is 1.76. The van der Waals surface area contributed by atoms with Crippen LogP contribution in [0.1, 0.15) is 12.5 Å². The average Bonchev–Trinajstić information content (AvgIpc) is 2.92. The van der Waals surface area contributed by atoms with E-state index >= 15 is 0 Å². The molecule has 21 heavy (non-hydrogen) atoms. The standard InChI is InChI=1S/C15H19NO4S/c1-15(18,13-5-3-2-4-6-13)14(17)16-7-11-9-21(19,20)10-12(11)8-16/h2-6,11-12,18H,7-10H2,1H3/t11-,12+,15-/m0/s1. The number of aliphatic hydroxyl groups is 1. The van der Waals surface area contributed by atoms with Crippen molar-refractivity contribution in [1.82, 2.24) is 4.90 Å². The molecule has 0 unspecified atom stereocenters. The first kappa shape index (κ1) is 14.5. The topological polar surface area (TPSA) is 74.7 Å². The van der Waals surface area contributed by atoms with Crippen molar-refractivity contribution in [2.45, 2.75) is 12.5 Å². The lowest BCUT2D eigenvalue weighted by Gasteiger charge is -2.29. The molecule has 0 aliphatic carbocycles. The van der Waals surface area contributed by atoms with Gasteiger partial charge >= 0.3 is 0 Å². The number of amides is 1. The third-order valence-electron chi connectivity index (χ3n) is 4.55. The van der Waals surface area contributed by atoms with Crippen molar-refractivity contribution in [2.24, 2.45) is 11.8 Å². The van der Waals surface area contributed by atoms with E-state index in [1.807, 2.05) is 6.07 Å². The minimum atomic E-state index is -2.94. The van der Waals surface area contributed by atoms with Crippen LogP contribution in [-0.2, 0) is 20.2 Å². The molecule has 2 saturated heterocycles. The summed E-state index contributed by atoms with van der Waals surface area (Å²) in [6.45, 7) is 2.34. The summed E-state index contributed by atoms with van der Waals surface area (Å²) in [5.74, 6) is 0.0145. The molecular weight excluding hydrogens is 290 g/mol. The smallest absolute Gasteiger partial charge is 0.258 e. The third kappa shape index (κ3) is 2.58. The van der Waals surface area contributed by atoms with Gasteiger partial charge in [0.2, 0.25) is 0 Å². The minimum Gasteiger partial charge on any atom is -0.376 e. The fourth-order valence-corrected chi connectivity index (χ4v) is 5.59. The Morgan fingerprint density at radius 3 is 2.24 bits per heavy atom. The van der Waals surface area contributed by atoms with Crippen LogP contribution in [-0.4, -0.2) is 48.9 Å². The zero-order chi connectivity index (χ0) is 15.3. The number of hydrogen-bond donors (Lipinski definition) is 1. The fourth-order valence-electron chi connectivity index (χ4n) is 3.40. The van der Waals surface area contributed by atoms with Gasteiger partial charge < -0.3 is 10.0 Å². The first-order chi connectivity index (χ1) is 9.79. The van der Waals surface area contributed by atoms with Crippen LogP contribution in [0.25, 0.3) is 0 Å². The molecule has 3 atom stereocenters. The summed E-state index contributed by atoms with van der Waals surface area (Å²) in [5.41, 5.74) is -1.02. The molecule has 3 rings (SSSR count). The van der Waals surface area contributed by atoms with E-state index in [9.17, 15) is 18.3 Å². The highest BCUT2D eigenvalue weighted by atomic mass is 32.2. The van der Waals surface area contributed by atoms with E-state index in [1.54, 1.807) is 29.2 Å². The second kappa shape index (κ2) is 4.81. The lowest BCUT2D eigenvalue weighted by atomic mass is 9.94. The molecule has 1 aromatic carbocycles. The molecule has 114 valence electrons. The number of sulfone groups is 1. The van der Waals surface area contributed by atoms with Gasteiger partial charge in [0.25, 0.3) is 5.91 Å². The second-order valence-corrected chi connectivity index (χ2v) is 8.40. The Morgan fingerprint density at radius 2 is 1.71 bits per heavy atom. The Labute approximate surface area is 124 Å². The molecule has 2 aliphatic rings. The highest BCUT2D eigenvalue weighted by Crippen LogP contribution is 2.35. The zero-order valence-corrected chi connectivity index (χ0v) is 12.7. The van der Waals surface area contributed by atoms with Gasteiger partial charge in [-0.3, -0.25) is 4.79 Å². The van der Waals surface area contributed by atoms with Gasteiger partial charge in [0.15, 0.2) is 15.4 Å². The highest BCUT2D eigenvalue weighted by Gasteiger charge is 2.47. The van der Waals surface area contributed by atoms with Crippen molar-refractivity contribution in [3.63, 3.8) is 0 Å². The largest absolute Gasteiger partial charge is 0.376 e. The van der Waals surface area contributed by atoms with Crippen LogP contribution in [0.15, 0.2) is 30.3 Å². The number of carbonyl (C=O) groups excluding carboxylic acids is 1. The van der Waals surface area contributed by atoms with Crippen LogP contribution in [0, 0.1) is 11.8 Å². The molecular formula is C15H19NO4S. The monoisotopic (exact) mass is 309 g/mol. The van der Waals surface area contributed by atoms with Gasteiger partial charge in [0.05, 0.1) is 11.5 Å². The Kier molecular flexibility index (Phi) is 3.33. The van der Waals surface area contributed by atoms with E-state index < -0.39 is 15.4 Å². The van der Waals surface area contributed by atoms with E-state index in [1.165, 1.54) is 6.92 Å². The van der Waals surface area contributed by atoms with Gasteiger partial charge in [-0.15, -0.1) is 0 Å². The minimum absolute atomic E-state index is 0.0190. The molecule has 1 amide bonds. The van der Waals surface area contributed by atoms with Crippen molar-refractivity contribution >= 4 is 15.7 Å². The van der Waals surface area contributed by atoms with Gasteiger partial charge in [-0.1, -0.05) is 30.3 Å². The molecule has 2 aliphatic heterocycles. The molecule has 1 N–H and O–H groups in total. The van der Waals surface area contributed by atoms with Crippen molar-refractivity contribution in [3.05, 3.63) is 35.9 Å². The lowest BCUT2D eigenvalue weighted by molar-refractivity contribution is -0.149. The average molecular weight is 309 g/mol. The number of hydrogen-bond acceptors (Lipinski definition) is 4. The van der Waals surface area contributed by atoms with Crippen LogP contribution in [0.5, 0.6) is 0 Å². The van der Waals surface area contributed by atoms with Crippen LogP contribution >= 0.6 is 0 Å². The van der Waals surface area contributed by atoms with Gasteiger partial charge in [-0.25, -0.2) is 8.42 Å². The highest BCUT2D eigenvalue weighted by molar-refractivity contribution is 7.91. The van der Waals surface area contributed by atoms with Gasteiger partial charge in [-0.2, -0.15) is 0 Å². The molecule has 0 bridgehead atoms. The first-order valence-corrected chi connectivity index (χ1v) is 8.89. The molecule has 6 heteroatoms. The zero-order valence-electron chi connectivity index (χ0n) is 11.9. The normalized spacial score (nSPS) is 29.9. The maximum absolute atomic E-state index is 12.6. The summed E-state index contributed by atoms with van der Waals surface area (Å²) in [6.07, 6.45) is 0. The van der Waals surface area contributed by atoms with E-state index in [2.05, 4.69) is 0 Å². The first-order valence-electron chi connectivity index (χ1n) is 7.07. The molecule has 0 saturated carbocycles. The molecule has 0 radical (unpaired) electrons. The lowest BCUT2D eigenvalue weighted by Crippen LogP contribution is -2.44. The summed E-state index contributed by atoms with van der Waals surface area (Å²) in [7, 11) is -2.94. The summed E-state index contributed by atoms with van der Waals surface area (Å²) in [5, 5.41) is 10.6. The van der Waals surface area contributed by atoms with Crippen LogP contribution < -0.4 is 0 Å². The van der Waals surface area contributed by atoms with E-state index in [0.29, 0.717) is 18.7 Å². The second-order valence-electron chi connectivity index (χ2n) is 6.25. The number of benzene rings is 1. The van der Waals surface area contributed by atoms with Gasteiger partial charge in [-0.05, 0) is 24.3 Å². The van der Waals surface area contributed by atoms with Crippen LogP contribution in [0.3, 0.4) is 0 Å². The number of fused-ring (bicyclic) bond motifs is 1. The predicted octanol–water partition coefficient (Wildman–Crippen LogP) is 0.397. The summed E-state index contributed by atoms with van der Waals surface area (Å²) in [4.78, 5) is 14.2. The van der Waals surface area contributed by atoms with Gasteiger partial charge in [0.1, 0.15) is 0 Å². The molecule has 2 heterocycles. The van der Waals surface area contributed by atoms with E-state index in [4.69, 9.17) is 0 Å². The summed E-state index contributed by atoms with van der Waals surface area (Å²) in [6, 6.07) is 8.83. The van der Waals surface area contributed by atoms with Gasteiger partial charge in [0, 0.05) is 13.1 Å². The Morgan fingerprint density at radius 1 is 1.19 bits per heavy atom. The number of rotatable bonds is 2. The quantitative estimate of drug-likeness (QED) is 0.858. The SMILES string of the molecule is C[C@@](O)(C(=O)N1C[C@@H]2CS(=O)(=O)C[C@@H]2C1)c1ccccc1. The van der Waals surface area contributed by atoms with Crippen molar-refractivity contribution in [2.75, 3.05) is 24.6 Å².